The van der Waals surface area contributed by atoms with Crippen molar-refractivity contribution >= 4 is 33.2 Å². The SMILES string of the molecule is CCCCN(c1cc(Cl)cnc1-n1cc(C(=O)N2CC=CCC2)cn1)S(=O)(=O)c1ccccc1. The molecule has 3 heterocycles. The average Bonchev–Trinajstić information content (AvgIpc) is 3.35. The summed E-state index contributed by atoms with van der Waals surface area (Å²) in [5.74, 6) is 0.142. The Hall–Kier alpha value is -3.17. The van der Waals surface area contributed by atoms with Crippen molar-refractivity contribution in [2.75, 3.05) is 23.9 Å². The van der Waals surface area contributed by atoms with E-state index in [-0.39, 0.29) is 23.2 Å². The Kier molecular flexibility index (Phi) is 7.33. The second-order valence-corrected chi connectivity index (χ2v) is 10.2. The minimum Gasteiger partial charge on any atom is -0.335 e. The maximum Gasteiger partial charge on any atom is 0.264 e. The Labute approximate surface area is 204 Å². The van der Waals surface area contributed by atoms with Crippen LogP contribution in [-0.2, 0) is 10.0 Å². The van der Waals surface area contributed by atoms with E-state index in [0.717, 1.165) is 12.8 Å². The standard InChI is InChI=1S/C24H26ClN5O3S/c1-2-3-14-30(34(32,33)21-10-6-4-7-11-21)22-15-20(25)17-26-23(22)29-18-19(16-27-29)24(31)28-12-8-5-9-13-28/h4-8,10-11,15-18H,2-3,9,12-14H2,1H3. The number of carbonyl (C=O) groups excluding carboxylic acids is 1. The predicted molar refractivity (Wildman–Crippen MR) is 132 cm³/mol. The molecule has 0 unspecified atom stereocenters. The van der Waals surface area contributed by atoms with Crippen LogP contribution in [0.4, 0.5) is 5.69 Å². The predicted octanol–water partition coefficient (Wildman–Crippen LogP) is 4.32. The molecule has 1 aliphatic heterocycles. The quantitative estimate of drug-likeness (QED) is 0.431. The monoisotopic (exact) mass is 499 g/mol. The molecule has 178 valence electrons. The zero-order valence-electron chi connectivity index (χ0n) is 18.8. The summed E-state index contributed by atoms with van der Waals surface area (Å²) >= 11 is 6.25. The Morgan fingerprint density at radius 3 is 2.68 bits per heavy atom. The Balaban J connectivity index is 1.76. The number of aromatic nitrogens is 3. The van der Waals surface area contributed by atoms with Gasteiger partial charge in [0.2, 0.25) is 0 Å². The van der Waals surface area contributed by atoms with E-state index >= 15 is 0 Å². The molecular formula is C24H26ClN5O3S. The normalized spacial score (nSPS) is 13.8. The molecule has 0 aliphatic carbocycles. The Bertz CT molecular complexity index is 1290. The number of sulfonamides is 1. The largest absolute Gasteiger partial charge is 0.335 e. The summed E-state index contributed by atoms with van der Waals surface area (Å²) in [6.45, 7) is 3.43. The van der Waals surface area contributed by atoms with Gasteiger partial charge in [-0.1, -0.05) is 55.3 Å². The zero-order chi connectivity index (χ0) is 24.1. The molecule has 1 amide bonds. The summed E-state index contributed by atoms with van der Waals surface area (Å²) in [7, 11) is -3.89. The molecule has 0 atom stereocenters. The van der Waals surface area contributed by atoms with Gasteiger partial charge >= 0.3 is 0 Å². The highest BCUT2D eigenvalue weighted by molar-refractivity contribution is 7.92. The molecule has 0 fully saturated rings. The summed E-state index contributed by atoms with van der Waals surface area (Å²) in [6.07, 6.45) is 10.8. The molecule has 10 heteroatoms. The molecule has 8 nitrogen and oxygen atoms in total. The second kappa shape index (κ2) is 10.4. The summed E-state index contributed by atoms with van der Waals surface area (Å²) in [5, 5.41) is 4.63. The van der Waals surface area contributed by atoms with E-state index in [1.54, 1.807) is 47.5 Å². The van der Waals surface area contributed by atoms with Crippen LogP contribution in [0.3, 0.4) is 0 Å². The Morgan fingerprint density at radius 1 is 1.18 bits per heavy atom. The maximum atomic E-state index is 13.6. The Morgan fingerprint density at radius 2 is 1.97 bits per heavy atom. The third-order valence-electron chi connectivity index (χ3n) is 5.52. The molecule has 0 bridgehead atoms. The van der Waals surface area contributed by atoms with Crippen molar-refractivity contribution in [2.45, 2.75) is 31.1 Å². The van der Waals surface area contributed by atoms with Crippen molar-refractivity contribution in [1.29, 1.82) is 0 Å². The van der Waals surface area contributed by atoms with E-state index in [0.29, 0.717) is 35.8 Å². The third-order valence-corrected chi connectivity index (χ3v) is 7.55. The molecule has 0 radical (unpaired) electrons. The number of pyridine rings is 1. The molecule has 34 heavy (non-hydrogen) atoms. The van der Waals surface area contributed by atoms with Crippen molar-refractivity contribution < 1.29 is 13.2 Å². The first kappa shape index (κ1) is 24.0. The number of unbranched alkanes of at least 4 members (excludes halogenated alkanes) is 1. The van der Waals surface area contributed by atoms with Crippen LogP contribution in [0.1, 0.15) is 36.5 Å². The topological polar surface area (TPSA) is 88.4 Å². The molecule has 0 spiro atoms. The van der Waals surface area contributed by atoms with Crippen molar-refractivity contribution in [3.05, 3.63) is 77.7 Å². The first-order valence-corrected chi connectivity index (χ1v) is 13.0. The van der Waals surface area contributed by atoms with Crippen LogP contribution < -0.4 is 4.31 Å². The number of halogens is 1. The maximum absolute atomic E-state index is 13.6. The molecule has 1 aliphatic rings. The molecule has 1 aromatic carbocycles. The minimum atomic E-state index is -3.89. The van der Waals surface area contributed by atoms with Gasteiger partial charge in [-0.05, 0) is 31.0 Å². The summed E-state index contributed by atoms with van der Waals surface area (Å²) in [5.41, 5.74) is 0.705. The lowest BCUT2D eigenvalue weighted by molar-refractivity contribution is 0.0771. The van der Waals surface area contributed by atoms with Gasteiger partial charge in [-0.25, -0.2) is 18.1 Å². The van der Waals surface area contributed by atoms with Crippen LogP contribution in [0.25, 0.3) is 5.82 Å². The average molecular weight is 500 g/mol. The third kappa shape index (κ3) is 5.00. The fraction of sp³-hybridized carbons (Fsp3) is 0.292. The van der Waals surface area contributed by atoms with Crippen LogP contribution in [0.2, 0.25) is 5.02 Å². The highest BCUT2D eigenvalue weighted by Gasteiger charge is 2.28. The number of hydrogen-bond donors (Lipinski definition) is 0. The first-order chi connectivity index (χ1) is 16.4. The molecule has 0 saturated carbocycles. The van der Waals surface area contributed by atoms with Gasteiger partial charge in [0, 0.05) is 32.0 Å². The van der Waals surface area contributed by atoms with Crippen molar-refractivity contribution in [2.24, 2.45) is 0 Å². The fourth-order valence-corrected chi connectivity index (χ4v) is 5.40. The minimum absolute atomic E-state index is 0.133. The lowest BCUT2D eigenvalue weighted by Gasteiger charge is -2.26. The molecule has 3 aromatic rings. The van der Waals surface area contributed by atoms with Crippen LogP contribution in [0.5, 0.6) is 0 Å². The van der Waals surface area contributed by atoms with Crippen molar-refractivity contribution in [3.8, 4) is 5.82 Å². The van der Waals surface area contributed by atoms with Gasteiger partial charge in [-0.15, -0.1) is 0 Å². The van der Waals surface area contributed by atoms with Gasteiger partial charge in [0.05, 0.1) is 27.4 Å². The van der Waals surface area contributed by atoms with Crippen LogP contribution >= 0.6 is 11.6 Å². The van der Waals surface area contributed by atoms with E-state index in [2.05, 4.69) is 16.2 Å². The first-order valence-electron chi connectivity index (χ1n) is 11.1. The van der Waals surface area contributed by atoms with E-state index in [4.69, 9.17) is 11.6 Å². The van der Waals surface area contributed by atoms with Gasteiger partial charge in [0.15, 0.2) is 5.82 Å². The number of carbonyl (C=O) groups is 1. The van der Waals surface area contributed by atoms with E-state index < -0.39 is 10.0 Å². The van der Waals surface area contributed by atoms with Crippen LogP contribution in [0, 0.1) is 0 Å². The number of anilines is 1. The van der Waals surface area contributed by atoms with Gasteiger partial charge < -0.3 is 4.90 Å². The van der Waals surface area contributed by atoms with Crippen LogP contribution in [0.15, 0.2) is 72.0 Å². The molecule has 0 saturated heterocycles. The van der Waals surface area contributed by atoms with E-state index in [9.17, 15) is 13.2 Å². The van der Waals surface area contributed by atoms with Crippen molar-refractivity contribution in [3.63, 3.8) is 0 Å². The highest BCUT2D eigenvalue weighted by Crippen LogP contribution is 2.31. The lowest BCUT2D eigenvalue weighted by atomic mass is 10.2. The van der Waals surface area contributed by atoms with Gasteiger partial charge in [-0.3, -0.25) is 9.10 Å². The molecule has 0 N–H and O–H groups in total. The smallest absolute Gasteiger partial charge is 0.264 e. The number of rotatable bonds is 8. The highest BCUT2D eigenvalue weighted by atomic mass is 35.5. The molecule has 2 aromatic heterocycles. The van der Waals surface area contributed by atoms with Crippen LogP contribution in [-0.4, -0.2) is 53.6 Å². The fourth-order valence-electron chi connectivity index (χ4n) is 3.73. The lowest BCUT2D eigenvalue weighted by Crippen LogP contribution is -2.33. The second-order valence-electron chi connectivity index (χ2n) is 7.92. The number of hydrogen-bond acceptors (Lipinski definition) is 5. The number of amides is 1. The van der Waals surface area contributed by atoms with Gasteiger partial charge in [0.1, 0.15) is 0 Å². The summed E-state index contributed by atoms with van der Waals surface area (Å²) in [6, 6.07) is 9.82. The van der Waals surface area contributed by atoms with Gasteiger partial charge in [-0.2, -0.15) is 5.10 Å². The number of benzene rings is 1. The van der Waals surface area contributed by atoms with Gasteiger partial charge in [0.25, 0.3) is 15.9 Å². The van der Waals surface area contributed by atoms with E-state index in [1.807, 2.05) is 13.0 Å². The summed E-state index contributed by atoms with van der Waals surface area (Å²) < 4.78 is 30.0. The zero-order valence-corrected chi connectivity index (χ0v) is 20.4. The summed E-state index contributed by atoms with van der Waals surface area (Å²) in [4.78, 5) is 19.2. The number of nitrogens with zero attached hydrogens (tertiary/aromatic N) is 5. The van der Waals surface area contributed by atoms with Crippen molar-refractivity contribution in [1.82, 2.24) is 19.7 Å². The molecule has 4 rings (SSSR count). The molecular weight excluding hydrogens is 474 g/mol. The van der Waals surface area contributed by atoms with E-state index in [1.165, 1.54) is 21.4 Å².